The Hall–Kier alpha value is -2.90. The number of aliphatic imine (C=N–C) groups is 1. The third-order valence-electron chi connectivity index (χ3n) is 4.78. The van der Waals surface area contributed by atoms with Crippen molar-refractivity contribution < 1.29 is 4.79 Å². The first-order valence-corrected chi connectivity index (χ1v) is 10.6. The molecule has 0 fully saturated rings. The summed E-state index contributed by atoms with van der Waals surface area (Å²) in [5, 5.41) is 12.9. The fraction of sp³-hybridized carbons (Fsp3) is 0.320. The lowest BCUT2D eigenvalue weighted by Gasteiger charge is -2.16. The molecule has 1 aromatic carbocycles. The van der Waals surface area contributed by atoms with Gasteiger partial charge in [-0.25, -0.2) is 0 Å². The number of hydrogen-bond acceptors (Lipinski definition) is 3. The second-order valence-electron chi connectivity index (χ2n) is 7.29. The van der Waals surface area contributed by atoms with Crippen LogP contribution in [0.3, 0.4) is 0 Å². The van der Waals surface area contributed by atoms with Crippen LogP contribution in [0.25, 0.3) is 0 Å². The molecule has 0 spiro atoms. The van der Waals surface area contributed by atoms with Crippen molar-refractivity contribution in [3.8, 4) is 6.07 Å². The van der Waals surface area contributed by atoms with E-state index in [1.54, 1.807) is 0 Å². The van der Waals surface area contributed by atoms with Gasteiger partial charge in [-0.05, 0) is 50.8 Å². The molecule has 1 aliphatic heterocycles. The van der Waals surface area contributed by atoms with Crippen LogP contribution in [0.4, 0.5) is 5.69 Å². The van der Waals surface area contributed by atoms with Crippen LogP contribution >= 0.6 is 11.6 Å². The van der Waals surface area contributed by atoms with Gasteiger partial charge in [0.15, 0.2) is 0 Å². The predicted octanol–water partition coefficient (Wildman–Crippen LogP) is 6.58. The number of nitrogens with one attached hydrogen (secondary N) is 1. The molecule has 0 bridgehead atoms. The van der Waals surface area contributed by atoms with E-state index >= 15 is 0 Å². The van der Waals surface area contributed by atoms with Crippen molar-refractivity contribution >= 4 is 29.4 Å². The number of rotatable bonds is 4. The van der Waals surface area contributed by atoms with Crippen molar-refractivity contribution in [2.75, 3.05) is 5.32 Å². The van der Waals surface area contributed by atoms with Gasteiger partial charge in [-0.15, -0.1) is 0 Å². The van der Waals surface area contributed by atoms with Crippen LogP contribution in [0.2, 0.25) is 0 Å². The van der Waals surface area contributed by atoms with Crippen molar-refractivity contribution in [3.05, 3.63) is 76.0 Å². The van der Waals surface area contributed by atoms with Crippen molar-refractivity contribution in [3.63, 3.8) is 0 Å². The minimum absolute atomic E-state index is 0.151. The summed E-state index contributed by atoms with van der Waals surface area (Å²) >= 11 is 6.30. The van der Waals surface area contributed by atoms with Gasteiger partial charge >= 0.3 is 0 Å². The van der Waals surface area contributed by atoms with Crippen LogP contribution in [0.15, 0.2) is 75.4 Å². The van der Waals surface area contributed by atoms with E-state index in [-0.39, 0.29) is 5.91 Å². The first kappa shape index (κ1) is 23.4. The Balaban J connectivity index is 0.00000155. The molecule has 1 aliphatic carbocycles. The third-order valence-corrected chi connectivity index (χ3v) is 5.15. The zero-order valence-corrected chi connectivity index (χ0v) is 18.8. The first-order chi connectivity index (χ1) is 14.4. The predicted molar refractivity (Wildman–Crippen MR) is 126 cm³/mol. The molecule has 1 aromatic rings. The maximum Gasteiger partial charge on any atom is 0.251 e. The summed E-state index contributed by atoms with van der Waals surface area (Å²) < 4.78 is 0. The Kier molecular flexibility index (Phi) is 8.38. The summed E-state index contributed by atoms with van der Waals surface area (Å²) in [4.78, 5) is 17.0. The molecule has 30 heavy (non-hydrogen) atoms. The SMILES string of the molecule is CC.CC(C)(C#N)c1ccc(NC(=O)C2=CC=C(C3=C(Cl)CCC=N3)C=CC2)cc1. The molecule has 3 rings (SSSR count). The molecular weight excluding hydrogens is 394 g/mol. The van der Waals surface area contributed by atoms with Gasteiger partial charge in [0.25, 0.3) is 5.91 Å². The van der Waals surface area contributed by atoms with Crippen LogP contribution < -0.4 is 5.32 Å². The standard InChI is InChI=1S/C23H22ClN3O.C2H6/c1-23(2,15-25)18-10-12-19(13-11-18)27-22(28)17-6-3-5-16(8-9-17)21-20(24)7-4-14-26-21;1-2/h3,5,8-14H,4,6-7H2,1-2H3,(H,27,28);1-2H3. The maximum absolute atomic E-state index is 12.6. The van der Waals surface area contributed by atoms with Crippen LogP contribution in [0.1, 0.15) is 52.5 Å². The molecule has 1 heterocycles. The summed E-state index contributed by atoms with van der Waals surface area (Å²) in [7, 11) is 0. The Morgan fingerprint density at radius 3 is 2.53 bits per heavy atom. The number of amides is 1. The number of benzene rings is 1. The molecule has 1 N–H and O–H groups in total. The fourth-order valence-corrected chi connectivity index (χ4v) is 3.23. The molecule has 5 heteroatoms. The van der Waals surface area contributed by atoms with Crippen molar-refractivity contribution in [2.45, 2.75) is 52.4 Å². The fourth-order valence-electron chi connectivity index (χ4n) is 2.97. The lowest BCUT2D eigenvalue weighted by atomic mass is 9.86. The number of nitriles is 1. The van der Waals surface area contributed by atoms with Gasteiger partial charge in [0.1, 0.15) is 0 Å². The zero-order valence-electron chi connectivity index (χ0n) is 18.0. The van der Waals surface area contributed by atoms with Gasteiger partial charge in [0.05, 0.1) is 17.2 Å². The average molecular weight is 422 g/mol. The number of anilines is 1. The van der Waals surface area contributed by atoms with Crippen molar-refractivity contribution in [2.24, 2.45) is 4.99 Å². The number of carbonyl (C=O) groups is 1. The molecule has 1 amide bonds. The molecule has 0 radical (unpaired) electrons. The molecule has 0 atom stereocenters. The number of nitrogens with zero attached hydrogens (tertiary/aromatic N) is 2. The van der Waals surface area contributed by atoms with Gasteiger partial charge in [0.2, 0.25) is 0 Å². The van der Waals surface area contributed by atoms with E-state index in [2.05, 4.69) is 16.4 Å². The highest BCUT2D eigenvalue weighted by atomic mass is 35.5. The highest BCUT2D eigenvalue weighted by molar-refractivity contribution is 6.30. The first-order valence-electron chi connectivity index (χ1n) is 10.2. The van der Waals surface area contributed by atoms with Gasteiger partial charge in [-0.3, -0.25) is 9.79 Å². The summed E-state index contributed by atoms with van der Waals surface area (Å²) in [6.07, 6.45) is 11.7. The molecule has 0 unspecified atom stereocenters. The summed E-state index contributed by atoms with van der Waals surface area (Å²) in [6, 6.07) is 9.66. The summed E-state index contributed by atoms with van der Waals surface area (Å²) in [5.41, 5.74) is 3.39. The highest BCUT2D eigenvalue weighted by Gasteiger charge is 2.19. The number of halogens is 1. The van der Waals surface area contributed by atoms with Crippen molar-refractivity contribution in [1.82, 2.24) is 0 Å². The monoisotopic (exact) mass is 421 g/mol. The molecule has 0 saturated heterocycles. The van der Waals surface area contributed by atoms with E-state index in [0.717, 1.165) is 34.7 Å². The highest BCUT2D eigenvalue weighted by Crippen LogP contribution is 2.29. The van der Waals surface area contributed by atoms with E-state index in [1.165, 1.54) is 0 Å². The smallest absolute Gasteiger partial charge is 0.251 e. The van der Waals surface area contributed by atoms with E-state index in [1.807, 2.05) is 82.5 Å². The molecule has 2 aliphatic rings. The Labute approximate surface area is 184 Å². The summed E-state index contributed by atoms with van der Waals surface area (Å²) in [5.74, 6) is -0.151. The minimum atomic E-state index is -0.560. The lowest BCUT2D eigenvalue weighted by Crippen LogP contribution is -2.16. The largest absolute Gasteiger partial charge is 0.322 e. The van der Waals surface area contributed by atoms with Gasteiger partial charge in [-0.1, -0.05) is 61.9 Å². The average Bonchev–Trinajstić information content (AvgIpc) is 3.02. The topological polar surface area (TPSA) is 65.2 Å². The van der Waals surface area contributed by atoms with E-state index in [4.69, 9.17) is 11.6 Å². The lowest BCUT2D eigenvalue weighted by molar-refractivity contribution is -0.112. The molecular formula is C25H28ClN3O. The third kappa shape index (κ3) is 5.81. The Morgan fingerprint density at radius 2 is 1.90 bits per heavy atom. The van der Waals surface area contributed by atoms with E-state index in [0.29, 0.717) is 17.7 Å². The quantitative estimate of drug-likeness (QED) is 0.596. The molecule has 156 valence electrons. The van der Waals surface area contributed by atoms with Crippen molar-refractivity contribution in [1.29, 1.82) is 5.26 Å². The summed E-state index contributed by atoms with van der Waals surface area (Å²) in [6.45, 7) is 7.73. The van der Waals surface area contributed by atoms with Crippen LogP contribution in [0.5, 0.6) is 0 Å². The Morgan fingerprint density at radius 1 is 1.20 bits per heavy atom. The van der Waals surface area contributed by atoms with Crippen LogP contribution in [-0.2, 0) is 10.2 Å². The maximum atomic E-state index is 12.6. The van der Waals surface area contributed by atoms with E-state index < -0.39 is 5.41 Å². The van der Waals surface area contributed by atoms with Crippen LogP contribution in [-0.4, -0.2) is 12.1 Å². The Bertz CT molecular complexity index is 971. The van der Waals surface area contributed by atoms with E-state index in [9.17, 15) is 10.1 Å². The normalized spacial score (nSPS) is 15.9. The van der Waals surface area contributed by atoms with Gasteiger partial charge < -0.3 is 5.32 Å². The molecule has 0 saturated carbocycles. The molecule has 4 nitrogen and oxygen atoms in total. The van der Waals surface area contributed by atoms with Crippen LogP contribution in [0, 0.1) is 11.3 Å². The number of allylic oxidation sites excluding steroid dienone is 5. The zero-order chi connectivity index (χ0) is 22.1. The second-order valence-corrected chi connectivity index (χ2v) is 7.75. The molecule has 0 aromatic heterocycles. The minimum Gasteiger partial charge on any atom is -0.322 e. The number of hydrogen-bond donors (Lipinski definition) is 1. The van der Waals surface area contributed by atoms with Gasteiger partial charge in [-0.2, -0.15) is 5.26 Å². The van der Waals surface area contributed by atoms with Gasteiger partial charge in [0, 0.05) is 28.1 Å². The number of carbonyl (C=O) groups excluding carboxylic acids is 1. The second kappa shape index (κ2) is 10.8.